The fourth-order valence-corrected chi connectivity index (χ4v) is 2.12. The minimum atomic E-state index is 0.216. The molecule has 0 aliphatic rings. The highest BCUT2D eigenvalue weighted by Crippen LogP contribution is 2.22. The Balaban J connectivity index is 2.54. The number of rotatable bonds is 2. The maximum absolute atomic E-state index is 11.4. The number of ketones is 1. The van der Waals surface area contributed by atoms with Gasteiger partial charge in [0.15, 0.2) is 5.78 Å². The van der Waals surface area contributed by atoms with Gasteiger partial charge in [-0.2, -0.15) is 0 Å². The van der Waals surface area contributed by atoms with Crippen LogP contribution in [0.5, 0.6) is 0 Å². The maximum atomic E-state index is 11.4. The van der Waals surface area contributed by atoms with Crippen LogP contribution in [-0.2, 0) is 0 Å². The zero-order chi connectivity index (χ0) is 9.26. The number of Topliss-reactive ketones (excluding diaryl/α,β-unsaturated/α-hetero) is 1. The molecule has 0 aliphatic heterocycles. The number of hydrogen-bond acceptors (Lipinski definition) is 2. The van der Waals surface area contributed by atoms with Crippen molar-refractivity contribution in [3.8, 4) is 0 Å². The second kappa shape index (κ2) is 3.30. The van der Waals surface area contributed by atoms with Crippen molar-refractivity contribution in [2.24, 2.45) is 0 Å². The van der Waals surface area contributed by atoms with Crippen LogP contribution in [0.25, 0.3) is 10.1 Å². The lowest BCUT2D eigenvalue weighted by atomic mass is 10.1. The van der Waals surface area contributed by atoms with Crippen LogP contribution in [0.2, 0.25) is 0 Å². The molecule has 0 saturated heterocycles. The number of benzene rings is 1. The SMILES string of the molecule is CCC(=O)c1ccc2sccc2c1. The quantitative estimate of drug-likeness (QED) is 0.662. The molecule has 0 bridgehead atoms. The monoisotopic (exact) mass is 190 g/mol. The summed E-state index contributed by atoms with van der Waals surface area (Å²) in [4.78, 5) is 11.4. The van der Waals surface area contributed by atoms with Gasteiger partial charge in [-0.1, -0.05) is 6.92 Å². The lowest BCUT2D eigenvalue weighted by Crippen LogP contribution is -1.94. The molecule has 2 heteroatoms. The molecule has 0 amide bonds. The summed E-state index contributed by atoms with van der Waals surface area (Å²) >= 11 is 1.70. The van der Waals surface area contributed by atoms with Crippen molar-refractivity contribution in [3.05, 3.63) is 35.2 Å². The number of hydrogen-bond donors (Lipinski definition) is 0. The Morgan fingerprint density at radius 1 is 1.38 bits per heavy atom. The van der Waals surface area contributed by atoms with E-state index >= 15 is 0 Å². The summed E-state index contributed by atoms with van der Waals surface area (Å²) in [5.41, 5.74) is 0.827. The van der Waals surface area contributed by atoms with E-state index in [1.165, 1.54) is 10.1 Å². The Morgan fingerprint density at radius 3 is 3.00 bits per heavy atom. The highest BCUT2D eigenvalue weighted by atomic mass is 32.1. The largest absolute Gasteiger partial charge is 0.294 e. The Hall–Kier alpha value is -1.15. The van der Waals surface area contributed by atoms with Gasteiger partial charge in [0.25, 0.3) is 0 Å². The van der Waals surface area contributed by atoms with Gasteiger partial charge in [-0.05, 0) is 35.0 Å². The lowest BCUT2D eigenvalue weighted by Gasteiger charge is -1.96. The molecule has 0 atom stereocenters. The predicted molar refractivity (Wildman–Crippen MR) is 56.4 cm³/mol. The third-order valence-corrected chi connectivity index (χ3v) is 2.99. The van der Waals surface area contributed by atoms with Crippen molar-refractivity contribution in [1.82, 2.24) is 0 Å². The first kappa shape index (κ1) is 8.45. The molecule has 1 heterocycles. The first-order chi connectivity index (χ1) is 6.31. The van der Waals surface area contributed by atoms with Crippen LogP contribution in [0.4, 0.5) is 0 Å². The minimum Gasteiger partial charge on any atom is -0.294 e. The van der Waals surface area contributed by atoms with Crippen LogP contribution in [0.15, 0.2) is 29.6 Å². The van der Waals surface area contributed by atoms with E-state index in [0.717, 1.165) is 5.56 Å². The molecule has 2 rings (SSSR count). The standard InChI is InChI=1S/C11H10OS/c1-2-10(12)8-3-4-11-9(7-8)5-6-13-11/h3-7H,2H2,1H3. The average molecular weight is 190 g/mol. The fraction of sp³-hybridized carbons (Fsp3) is 0.182. The van der Waals surface area contributed by atoms with Gasteiger partial charge in [-0.3, -0.25) is 4.79 Å². The lowest BCUT2D eigenvalue weighted by molar-refractivity contribution is 0.0988. The molecule has 13 heavy (non-hydrogen) atoms. The summed E-state index contributed by atoms with van der Waals surface area (Å²) in [6.07, 6.45) is 0.579. The average Bonchev–Trinajstić information content (AvgIpc) is 2.63. The highest BCUT2D eigenvalue weighted by Gasteiger charge is 2.03. The predicted octanol–water partition coefficient (Wildman–Crippen LogP) is 3.49. The number of thiophene rings is 1. The summed E-state index contributed by atoms with van der Waals surface area (Å²) < 4.78 is 1.24. The van der Waals surface area contributed by atoms with E-state index in [9.17, 15) is 4.79 Å². The van der Waals surface area contributed by atoms with E-state index in [1.807, 2.05) is 36.6 Å². The molecule has 0 radical (unpaired) electrons. The molecule has 0 spiro atoms. The summed E-state index contributed by atoms with van der Waals surface area (Å²) in [5, 5.41) is 3.22. The Labute approximate surface area is 81.0 Å². The molecular formula is C11H10OS. The molecule has 66 valence electrons. The van der Waals surface area contributed by atoms with E-state index < -0.39 is 0 Å². The molecular weight excluding hydrogens is 180 g/mol. The van der Waals surface area contributed by atoms with Gasteiger partial charge in [0.2, 0.25) is 0 Å². The summed E-state index contributed by atoms with van der Waals surface area (Å²) in [5.74, 6) is 0.216. The van der Waals surface area contributed by atoms with Crippen molar-refractivity contribution in [2.45, 2.75) is 13.3 Å². The van der Waals surface area contributed by atoms with Crippen LogP contribution in [-0.4, -0.2) is 5.78 Å². The van der Waals surface area contributed by atoms with E-state index in [-0.39, 0.29) is 5.78 Å². The van der Waals surface area contributed by atoms with Crippen LogP contribution < -0.4 is 0 Å². The zero-order valence-corrected chi connectivity index (χ0v) is 8.23. The normalized spacial score (nSPS) is 10.5. The second-order valence-corrected chi connectivity index (χ2v) is 3.90. The number of carbonyl (C=O) groups excluding carboxylic acids is 1. The molecule has 1 aromatic heterocycles. The molecule has 0 fully saturated rings. The van der Waals surface area contributed by atoms with Crippen LogP contribution >= 0.6 is 11.3 Å². The molecule has 0 N–H and O–H groups in total. The van der Waals surface area contributed by atoms with Gasteiger partial charge in [0.05, 0.1) is 0 Å². The van der Waals surface area contributed by atoms with E-state index in [4.69, 9.17) is 0 Å². The highest BCUT2D eigenvalue weighted by molar-refractivity contribution is 7.17. The van der Waals surface area contributed by atoms with Gasteiger partial charge in [0, 0.05) is 16.7 Å². The Morgan fingerprint density at radius 2 is 2.23 bits per heavy atom. The van der Waals surface area contributed by atoms with E-state index in [2.05, 4.69) is 0 Å². The molecule has 0 unspecified atom stereocenters. The van der Waals surface area contributed by atoms with Crippen molar-refractivity contribution < 1.29 is 4.79 Å². The van der Waals surface area contributed by atoms with E-state index in [1.54, 1.807) is 11.3 Å². The van der Waals surface area contributed by atoms with Gasteiger partial charge in [-0.25, -0.2) is 0 Å². The summed E-state index contributed by atoms with van der Waals surface area (Å²) in [7, 11) is 0. The molecule has 1 nitrogen and oxygen atoms in total. The van der Waals surface area contributed by atoms with Gasteiger partial charge in [-0.15, -0.1) is 11.3 Å². The number of fused-ring (bicyclic) bond motifs is 1. The third kappa shape index (κ3) is 1.49. The molecule has 0 saturated carbocycles. The third-order valence-electron chi connectivity index (χ3n) is 2.10. The molecule has 0 aliphatic carbocycles. The van der Waals surface area contributed by atoms with Gasteiger partial charge < -0.3 is 0 Å². The summed E-state index contributed by atoms with van der Waals surface area (Å²) in [6, 6.07) is 7.94. The Bertz CT molecular complexity index is 442. The Kier molecular flexibility index (Phi) is 2.15. The topological polar surface area (TPSA) is 17.1 Å². The van der Waals surface area contributed by atoms with Crippen molar-refractivity contribution in [2.75, 3.05) is 0 Å². The summed E-state index contributed by atoms with van der Waals surface area (Å²) in [6.45, 7) is 1.89. The van der Waals surface area contributed by atoms with Crippen molar-refractivity contribution in [3.63, 3.8) is 0 Å². The van der Waals surface area contributed by atoms with E-state index in [0.29, 0.717) is 6.42 Å². The van der Waals surface area contributed by atoms with Crippen molar-refractivity contribution in [1.29, 1.82) is 0 Å². The smallest absolute Gasteiger partial charge is 0.162 e. The van der Waals surface area contributed by atoms with Gasteiger partial charge in [0.1, 0.15) is 0 Å². The van der Waals surface area contributed by atoms with Crippen LogP contribution in [0.3, 0.4) is 0 Å². The number of carbonyl (C=O) groups is 1. The first-order valence-corrected chi connectivity index (χ1v) is 5.19. The first-order valence-electron chi connectivity index (χ1n) is 4.31. The molecule has 1 aromatic carbocycles. The van der Waals surface area contributed by atoms with Crippen molar-refractivity contribution >= 4 is 27.2 Å². The zero-order valence-electron chi connectivity index (χ0n) is 7.41. The maximum Gasteiger partial charge on any atom is 0.162 e. The van der Waals surface area contributed by atoms with Gasteiger partial charge >= 0.3 is 0 Å². The fourth-order valence-electron chi connectivity index (χ4n) is 1.34. The molecule has 2 aromatic rings. The van der Waals surface area contributed by atoms with Crippen LogP contribution in [0, 0.1) is 0 Å². The van der Waals surface area contributed by atoms with Crippen LogP contribution in [0.1, 0.15) is 23.7 Å². The second-order valence-electron chi connectivity index (χ2n) is 2.95. The minimum absolute atomic E-state index is 0.216.